The lowest BCUT2D eigenvalue weighted by molar-refractivity contribution is 0.241. The van der Waals surface area contributed by atoms with E-state index in [1.165, 1.54) is 34.1 Å². The van der Waals surface area contributed by atoms with Crippen molar-refractivity contribution in [3.8, 4) is 0 Å². The van der Waals surface area contributed by atoms with Crippen LogP contribution >= 0.6 is 11.3 Å². The van der Waals surface area contributed by atoms with Crippen LogP contribution in [0.3, 0.4) is 0 Å². The van der Waals surface area contributed by atoms with Gasteiger partial charge < -0.3 is 10.6 Å². The molecule has 0 radical (unpaired) electrons. The maximum atomic E-state index is 11.5. The van der Waals surface area contributed by atoms with E-state index in [-0.39, 0.29) is 6.03 Å². The topological polar surface area (TPSA) is 41.1 Å². The summed E-state index contributed by atoms with van der Waals surface area (Å²) in [7, 11) is 0. The van der Waals surface area contributed by atoms with Crippen molar-refractivity contribution in [3.63, 3.8) is 0 Å². The molecule has 0 aliphatic rings. The quantitative estimate of drug-likeness (QED) is 0.739. The van der Waals surface area contributed by atoms with Crippen LogP contribution in [0.1, 0.15) is 44.2 Å². The lowest BCUT2D eigenvalue weighted by atomic mass is 10.0. The number of amides is 2. The Balaban J connectivity index is 1.94. The van der Waals surface area contributed by atoms with Gasteiger partial charge in [0.1, 0.15) is 0 Å². The Labute approximate surface area is 137 Å². The molecule has 120 valence electrons. The number of fused-ring (bicyclic) bond motifs is 1. The fraction of sp³-hybridized carbons (Fsp3) is 0.500. The van der Waals surface area contributed by atoms with Gasteiger partial charge in [-0.05, 0) is 53.6 Å². The number of carbonyl (C=O) groups excluding carboxylic acids is 1. The molecule has 0 aliphatic carbocycles. The number of carbonyl (C=O) groups is 1. The minimum Gasteiger partial charge on any atom is -0.338 e. The average Bonchev–Trinajstić information content (AvgIpc) is 2.93. The molecule has 2 aromatic rings. The van der Waals surface area contributed by atoms with Crippen LogP contribution in [0.25, 0.3) is 10.1 Å². The average molecular weight is 318 g/mol. The predicted octanol–water partition coefficient (Wildman–Crippen LogP) is 4.50. The van der Waals surface area contributed by atoms with Crippen LogP contribution in [0.4, 0.5) is 4.79 Å². The number of unbranched alkanes of at least 4 members (excludes halogenated alkanes) is 1. The number of aryl methyl sites for hydroxylation is 1. The number of benzene rings is 1. The van der Waals surface area contributed by atoms with E-state index in [0.29, 0.717) is 6.54 Å². The second-order valence-electron chi connectivity index (χ2n) is 5.63. The molecular weight excluding hydrogens is 292 g/mol. The third-order valence-electron chi connectivity index (χ3n) is 3.75. The van der Waals surface area contributed by atoms with Crippen molar-refractivity contribution in [1.29, 1.82) is 0 Å². The van der Waals surface area contributed by atoms with Crippen molar-refractivity contribution < 1.29 is 4.79 Å². The normalized spacial score (nSPS) is 10.8. The Morgan fingerprint density at radius 3 is 2.68 bits per heavy atom. The van der Waals surface area contributed by atoms with E-state index in [0.717, 1.165) is 25.8 Å². The smallest absolute Gasteiger partial charge is 0.314 e. The van der Waals surface area contributed by atoms with Crippen LogP contribution < -0.4 is 10.6 Å². The van der Waals surface area contributed by atoms with Crippen molar-refractivity contribution >= 4 is 27.5 Å². The SMILES string of the molecule is CCCCc1ccc2scc(CCNC(=O)NCCC)c2c1. The predicted molar refractivity (Wildman–Crippen MR) is 95.8 cm³/mol. The molecule has 2 N–H and O–H groups in total. The first-order valence-electron chi connectivity index (χ1n) is 8.25. The molecule has 1 heterocycles. The molecule has 0 saturated heterocycles. The van der Waals surface area contributed by atoms with Crippen LogP contribution in [0, 0.1) is 0 Å². The maximum Gasteiger partial charge on any atom is 0.314 e. The standard InChI is InChI=1S/C18H26N2OS/c1-3-5-6-14-7-8-17-16(12-14)15(13-22-17)9-11-20-18(21)19-10-4-2/h7-8,12-13H,3-6,9-11H2,1-2H3,(H2,19,20,21). The van der Waals surface area contributed by atoms with Gasteiger partial charge in [-0.1, -0.05) is 32.4 Å². The molecule has 0 unspecified atom stereocenters. The van der Waals surface area contributed by atoms with E-state index in [9.17, 15) is 4.79 Å². The lowest BCUT2D eigenvalue weighted by Gasteiger charge is -2.06. The highest BCUT2D eigenvalue weighted by atomic mass is 32.1. The summed E-state index contributed by atoms with van der Waals surface area (Å²) in [4.78, 5) is 11.5. The van der Waals surface area contributed by atoms with Crippen LogP contribution in [0.2, 0.25) is 0 Å². The second-order valence-corrected chi connectivity index (χ2v) is 6.54. The molecule has 22 heavy (non-hydrogen) atoms. The summed E-state index contributed by atoms with van der Waals surface area (Å²) in [5, 5.41) is 9.34. The Bertz CT molecular complexity index is 606. The summed E-state index contributed by atoms with van der Waals surface area (Å²) in [5.74, 6) is 0. The van der Waals surface area contributed by atoms with Crippen LogP contribution in [0.15, 0.2) is 23.6 Å². The van der Waals surface area contributed by atoms with Gasteiger partial charge in [0.15, 0.2) is 0 Å². The fourth-order valence-corrected chi connectivity index (χ4v) is 3.45. The molecule has 0 saturated carbocycles. The minimum absolute atomic E-state index is 0.0648. The molecule has 2 rings (SSSR count). The van der Waals surface area contributed by atoms with Gasteiger partial charge in [-0.15, -0.1) is 11.3 Å². The number of hydrogen-bond acceptors (Lipinski definition) is 2. The Morgan fingerprint density at radius 1 is 1.09 bits per heavy atom. The summed E-state index contributed by atoms with van der Waals surface area (Å²) in [6.45, 7) is 5.69. The van der Waals surface area contributed by atoms with Crippen molar-refractivity contribution in [1.82, 2.24) is 10.6 Å². The fourth-order valence-electron chi connectivity index (χ4n) is 2.47. The van der Waals surface area contributed by atoms with Crippen LogP contribution in [0.5, 0.6) is 0 Å². The Morgan fingerprint density at radius 2 is 1.91 bits per heavy atom. The first-order chi connectivity index (χ1) is 10.7. The largest absolute Gasteiger partial charge is 0.338 e. The van der Waals surface area contributed by atoms with Gasteiger partial charge in [-0.2, -0.15) is 0 Å². The summed E-state index contributed by atoms with van der Waals surface area (Å²) < 4.78 is 1.34. The number of nitrogens with one attached hydrogen (secondary N) is 2. The molecule has 0 fully saturated rings. The molecule has 1 aromatic carbocycles. The Hall–Kier alpha value is -1.55. The molecule has 0 atom stereocenters. The van der Waals surface area contributed by atoms with E-state index in [1.807, 2.05) is 6.92 Å². The summed E-state index contributed by atoms with van der Waals surface area (Å²) >= 11 is 1.79. The first kappa shape index (κ1) is 16.8. The first-order valence-corrected chi connectivity index (χ1v) is 9.13. The molecule has 0 spiro atoms. The third-order valence-corrected chi connectivity index (χ3v) is 4.76. The van der Waals surface area contributed by atoms with Gasteiger partial charge in [0, 0.05) is 17.8 Å². The Kier molecular flexibility index (Phi) is 6.72. The van der Waals surface area contributed by atoms with Gasteiger partial charge >= 0.3 is 6.03 Å². The highest BCUT2D eigenvalue weighted by molar-refractivity contribution is 7.17. The van der Waals surface area contributed by atoms with Crippen molar-refractivity contribution in [3.05, 3.63) is 34.7 Å². The van der Waals surface area contributed by atoms with E-state index in [1.54, 1.807) is 11.3 Å². The lowest BCUT2D eigenvalue weighted by Crippen LogP contribution is -2.36. The zero-order valence-corrected chi connectivity index (χ0v) is 14.4. The molecule has 1 aromatic heterocycles. The maximum absolute atomic E-state index is 11.5. The van der Waals surface area contributed by atoms with Crippen LogP contribution in [-0.2, 0) is 12.8 Å². The number of urea groups is 1. The minimum atomic E-state index is -0.0648. The van der Waals surface area contributed by atoms with Gasteiger partial charge in [0.05, 0.1) is 0 Å². The van der Waals surface area contributed by atoms with Gasteiger partial charge in [0.2, 0.25) is 0 Å². The van der Waals surface area contributed by atoms with Gasteiger partial charge in [0.25, 0.3) is 0 Å². The zero-order chi connectivity index (χ0) is 15.8. The van der Waals surface area contributed by atoms with Crippen molar-refractivity contribution in [2.45, 2.75) is 46.0 Å². The van der Waals surface area contributed by atoms with E-state index < -0.39 is 0 Å². The molecule has 3 nitrogen and oxygen atoms in total. The van der Waals surface area contributed by atoms with E-state index in [4.69, 9.17) is 0 Å². The molecule has 0 bridgehead atoms. The van der Waals surface area contributed by atoms with Crippen molar-refractivity contribution in [2.75, 3.05) is 13.1 Å². The number of thiophene rings is 1. The van der Waals surface area contributed by atoms with E-state index >= 15 is 0 Å². The van der Waals surface area contributed by atoms with Gasteiger partial charge in [-0.3, -0.25) is 0 Å². The summed E-state index contributed by atoms with van der Waals surface area (Å²) in [6.07, 6.45) is 5.47. The molecule has 4 heteroatoms. The third kappa shape index (κ3) is 4.73. The van der Waals surface area contributed by atoms with Crippen molar-refractivity contribution in [2.24, 2.45) is 0 Å². The molecule has 0 aliphatic heterocycles. The summed E-state index contributed by atoms with van der Waals surface area (Å²) in [6, 6.07) is 6.74. The highest BCUT2D eigenvalue weighted by Crippen LogP contribution is 2.27. The second kappa shape index (κ2) is 8.79. The zero-order valence-electron chi connectivity index (χ0n) is 13.6. The van der Waals surface area contributed by atoms with E-state index in [2.05, 4.69) is 41.1 Å². The highest BCUT2D eigenvalue weighted by Gasteiger charge is 2.06. The van der Waals surface area contributed by atoms with Crippen LogP contribution in [-0.4, -0.2) is 19.1 Å². The monoisotopic (exact) mass is 318 g/mol. The molecule has 2 amide bonds. The summed E-state index contributed by atoms with van der Waals surface area (Å²) in [5.41, 5.74) is 2.76. The van der Waals surface area contributed by atoms with Gasteiger partial charge in [-0.25, -0.2) is 4.79 Å². The molecular formula is C18H26N2OS. The number of rotatable bonds is 8. The number of hydrogen-bond donors (Lipinski definition) is 2.